The Kier molecular flexibility index (Phi) is 7.35. The number of carbonyl (C=O) groups is 1. The van der Waals surface area contributed by atoms with Gasteiger partial charge in [-0.2, -0.15) is 0 Å². The van der Waals surface area contributed by atoms with Gasteiger partial charge in [-0.05, 0) is 30.7 Å². The first-order valence-electron chi connectivity index (χ1n) is 8.48. The van der Waals surface area contributed by atoms with Gasteiger partial charge in [-0.15, -0.1) is 0 Å². The van der Waals surface area contributed by atoms with Gasteiger partial charge in [-0.25, -0.2) is 13.6 Å². The molecule has 0 atom stereocenters. The number of para-hydroxylation sites is 1. The summed E-state index contributed by atoms with van der Waals surface area (Å²) in [7, 11) is -4.27. The number of benzene rings is 2. The van der Waals surface area contributed by atoms with Gasteiger partial charge in [0.05, 0.1) is 12.3 Å². The molecule has 152 valence electrons. The molecule has 0 fully saturated rings. The van der Waals surface area contributed by atoms with E-state index in [1.165, 1.54) is 6.07 Å². The van der Waals surface area contributed by atoms with Crippen LogP contribution in [0.3, 0.4) is 0 Å². The number of nitrogens with zero attached hydrogens (tertiary/aromatic N) is 1. The molecule has 0 aliphatic rings. The fourth-order valence-corrected chi connectivity index (χ4v) is 3.32. The molecule has 0 saturated heterocycles. The normalized spacial score (nSPS) is 11.2. The number of anilines is 1. The third kappa shape index (κ3) is 5.42. The van der Waals surface area contributed by atoms with Crippen molar-refractivity contribution >= 4 is 21.6 Å². The summed E-state index contributed by atoms with van der Waals surface area (Å²) in [6.45, 7) is 0.0159. The molecule has 2 aromatic carbocycles. The SMILES string of the molecule is NC(=O)c1cc(N(CCO)CCCO)c(Oc2ccccc2)c(S(N)(=O)=O)c1. The van der Waals surface area contributed by atoms with Crippen molar-refractivity contribution in [1.29, 1.82) is 0 Å². The lowest BCUT2D eigenvalue weighted by Gasteiger charge is -2.27. The maximum Gasteiger partial charge on any atom is 0.248 e. The van der Waals surface area contributed by atoms with Crippen molar-refractivity contribution in [3.05, 3.63) is 48.0 Å². The Morgan fingerprint density at radius 3 is 2.29 bits per heavy atom. The maximum absolute atomic E-state index is 12.2. The Balaban J connectivity index is 2.73. The average Bonchev–Trinajstić information content (AvgIpc) is 2.65. The Morgan fingerprint density at radius 1 is 1.07 bits per heavy atom. The molecule has 0 bridgehead atoms. The Hall–Kier alpha value is -2.66. The fraction of sp³-hybridized carbons (Fsp3) is 0.278. The van der Waals surface area contributed by atoms with E-state index in [-0.39, 0.29) is 43.3 Å². The number of amides is 1. The molecular weight excluding hydrogens is 386 g/mol. The number of primary amides is 1. The second kappa shape index (κ2) is 9.51. The van der Waals surface area contributed by atoms with Gasteiger partial charge >= 0.3 is 0 Å². The van der Waals surface area contributed by atoms with Gasteiger partial charge in [-0.3, -0.25) is 4.79 Å². The molecule has 0 radical (unpaired) electrons. The van der Waals surface area contributed by atoms with Gasteiger partial charge in [0.25, 0.3) is 0 Å². The van der Waals surface area contributed by atoms with Crippen LogP contribution in [0.5, 0.6) is 11.5 Å². The zero-order valence-electron chi connectivity index (χ0n) is 15.1. The second-order valence-electron chi connectivity index (χ2n) is 5.93. The number of nitrogens with two attached hydrogens (primary N) is 2. The van der Waals surface area contributed by atoms with Gasteiger partial charge in [0.15, 0.2) is 5.75 Å². The first-order valence-corrected chi connectivity index (χ1v) is 10.0. The van der Waals surface area contributed by atoms with Crippen molar-refractivity contribution in [2.45, 2.75) is 11.3 Å². The van der Waals surface area contributed by atoms with Crippen LogP contribution in [0.4, 0.5) is 5.69 Å². The van der Waals surface area contributed by atoms with E-state index >= 15 is 0 Å². The Bertz CT molecular complexity index is 918. The number of hydrogen-bond acceptors (Lipinski definition) is 7. The molecule has 2 rings (SSSR count). The van der Waals surface area contributed by atoms with E-state index in [1.807, 2.05) is 0 Å². The maximum atomic E-state index is 12.2. The molecule has 2 aromatic rings. The lowest BCUT2D eigenvalue weighted by Crippen LogP contribution is -2.30. The molecular formula is C18H23N3O6S. The summed E-state index contributed by atoms with van der Waals surface area (Å²) in [6.07, 6.45) is 0.344. The van der Waals surface area contributed by atoms with Crippen molar-refractivity contribution < 1.29 is 28.2 Å². The minimum atomic E-state index is -4.27. The van der Waals surface area contributed by atoms with E-state index in [0.717, 1.165) is 6.07 Å². The smallest absolute Gasteiger partial charge is 0.248 e. The third-order valence-corrected chi connectivity index (χ3v) is 4.80. The molecule has 1 amide bonds. The van der Waals surface area contributed by atoms with Crippen molar-refractivity contribution in [2.75, 3.05) is 31.2 Å². The van der Waals surface area contributed by atoms with Crippen molar-refractivity contribution in [3.8, 4) is 11.5 Å². The minimum absolute atomic E-state index is 0.0774. The summed E-state index contributed by atoms with van der Waals surface area (Å²) >= 11 is 0. The number of primary sulfonamides is 1. The molecule has 0 aliphatic heterocycles. The van der Waals surface area contributed by atoms with E-state index < -0.39 is 20.8 Å². The average molecular weight is 409 g/mol. The minimum Gasteiger partial charge on any atom is -0.454 e. The zero-order chi connectivity index (χ0) is 20.7. The molecule has 0 spiro atoms. The van der Waals surface area contributed by atoms with Gasteiger partial charge in [0, 0.05) is 25.3 Å². The van der Waals surface area contributed by atoms with Crippen LogP contribution in [0.15, 0.2) is 47.4 Å². The van der Waals surface area contributed by atoms with Crippen LogP contribution < -0.4 is 20.5 Å². The largest absolute Gasteiger partial charge is 0.454 e. The number of rotatable bonds is 10. The standard InChI is InChI=1S/C18H23N3O6S/c19-18(24)13-11-15(21(8-10-23)7-4-9-22)17(16(12-13)28(20,25)26)27-14-5-2-1-3-6-14/h1-3,5-6,11-12,22-23H,4,7-10H2,(H2,19,24)(H2,20,25,26). The number of aliphatic hydroxyl groups excluding tert-OH is 2. The highest BCUT2D eigenvalue weighted by molar-refractivity contribution is 7.89. The van der Waals surface area contributed by atoms with Crippen LogP contribution in [0.2, 0.25) is 0 Å². The van der Waals surface area contributed by atoms with Crippen LogP contribution in [0.25, 0.3) is 0 Å². The Labute approximate surface area is 163 Å². The van der Waals surface area contributed by atoms with Crippen molar-refractivity contribution in [3.63, 3.8) is 0 Å². The molecule has 0 unspecified atom stereocenters. The van der Waals surface area contributed by atoms with E-state index in [2.05, 4.69) is 0 Å². The fourth-order valence-electron chi connectivity index (χ4n) is 2.62. The molecule has 0 heterocycles. The number of hydrogen-bond donors (Lipinski definition) is 4. The summed E-state index contributed by atoms with van der Waals surface area (Å²) < 4.78 is 30.2. The van der Waals surface area contributed by atoms with Crippen LogP contribution in [0.1, 0.15) is 16.8 Å². The van der Waals surface area contributed by atoms with Crippen LogP contribution in [-0.4, -0.2) is 50.8 Å². The molecule has 10 heteroatoms. The molecule has 6 N–H and O–H groups in total. The van der Waals surface area contributed by atoms with Gasteiger partial charge in [-0.1, -0.05) is 18.2 Å². The van der Waals surface area contributed by atoms with E-state index in [1.54, 1.807) is 35.2 Å². The summed E-state index contributed by atoms with van der Waals surface area (Å²) in [5.41, 5.74) is 5.49. The number of aliphatic hydroxyl groups is 2. The monoisotopic (exact) mass is 409 g/mol. The first-order chi connectivity index (χ1) is 13.3. The third-order valence-electron chi connectivity index (χ3n) is 3.89. The number of ether oxygens (including phenoxy) is 1. The van der Waals surface area contributed by atoms with Gasteiger partial charge in [0.1, 0.15) is 10.6 Å². The predicted molar refractivity (Wildman–Crippen MR) is 104 cm³/mol. The summed E-state index contributed by atoms with van der Waals surface area (Å²) in [5, 5.41) is 23.9. The highest BCUT2D eigenvalue weighted by Crippen LogP contribution is 2.39. The summed E-state index contributed by atoms with van der Waals surface area (Å²) in [6, 6.07) is 10.9. The lowest BCUT2D eigenvalue weighted by atomic mass is 10.1. The molecule has 0 saturated carbocycles. The quantitative estimate of drug-likeness (QED) is 0.442. The predicted octanol–water partition coefficient (Wildman–Crippen LogP) is 0.406. The topological polar surface area (TPSA) is 156 Å². The number of carbonyl (C=O) groups excluding carboxylic acids is 1. The highest BCUT2D eigenvalue weighted by Gasteiger charge is 2.25. The molecule has 28 heavy (non-hydrogen) atoms. The molecule has 0 aromatic heterocycles. The van der Waals surface area contributed by atoms with E-state index in [0.29, 0.717) is 12.2 Å². The zero-order valence-corrected chi connectivity index (χ0v) is 15.9. The van der Waals surface area contributed by atoms with Gasteiger partial charge < -0.3 is 25.6 Å². The molecule has 9 nitrogen and oxygen atoms in total. The molecule has 0 aliphatic carbocycles. The van der Waals surface area contributed by atoms with E-state index in [4.69, 9.17) is 20.7 Å². The number of sulfonamides is 1. The summed E-state index contributed by atoms with van der Waals surface area (Å²) in [4.78, 5) is 12.9. The van der Waals surface area contributed by atoms with Crippen LogP contribution in [-0.2, 0) is 10.0 Å². The second-order valence-corrected chi connectivity index (χ2v) is 7.46. The van der Waals surface area contributed by atoms with Gasteiger partial charge in [0.2, 0.25) is 15.9 Å². The van der Waals surface area contributed by atoms with Crippen molar-refractivity contribution in [2.24, 2.45) is 10.9 Å². The summed E-state index contributed by atoms with van der Waals surface area (Å²) in [5.74, 6) is -0.583. The van der Waals surface area contributed by atoms with Crippen LogP contribution >= 0.6 is 0 Å². The van der Waals surface area contributed by atoms with Crippen LogP contribution in [0, 0.1) is 0 Å². The Morgan fingerprint density at radius 2 is 1.75 bits per heavy atom. The highest BCUT2D eigenvalue weighted by atomic mass is 32.2. The van der Waals surface area contributed by atoms with E-state index in [9.17, 15) is 18.3 Å². The van der Waals surface area contributed by atoms with Crippen molar-refractivity contribution in [1.82, 2.24) is 0 Å². The lowest BCUT2D eigenvalue weighted by molar-refractivity contribution is 0.1000. The first kappa shape index (κ1) is 21.6.